The Labute approximate surface area is 297 Å². The summed E-state index contributed by atoms with van der Waals surface area (Å²) < 4.78 is 59.6. The average molecular weight is 731 g/mol. The Morgan fingerprint density at radius 1 is 1.22 bits per heavy atom. The van der Waals surface area contributed by atoms with Gasteiger partial charge in [-0.25, -0.2) is 17.8 Å². The molecule has 2 aromatic rings. The van der Waals surface area contributed by atoms with E-state index in [-0.39, 0.29) is 35.2 Å². The lowest BCUT2D eigenvalue weighted by atomic mass is 9.68. The number of aryl methyl sites for hydroxylation is 1. The number of anilines is 1. The first-order valence-electron chi connectivity index (χ1n) is 17.6. The fraction of sp³-hybridized carbons (Fsp3) is 0.568. The lowest BCUT2D eigenvalue weighted by Gasteiger charge is -2.46. The Hall–Kier alpha value is -3.22. The third kappa shape index (κ3) is 7.25. The fourth-order valence-electron chi connectivity index (χ4n) is 8.37. The monoisotopic (exact) mass is 730 g/mol. The van der Waals surface area contributed by atoms with Crippen molar-refractivity contribution in [3.05, 3.63) is 70.3 Å². The van der Waals surface area contributed by atoms with Crippen molar-refractivity contribution in [2.45, 2.75) is 75.9 Å². The molecule has 1 spiro atoms. The molecule has 13 heteroatoms. The molecule has 3 amide bonds. The van der Waals surface area contributed by atoms with Crippen LogP contribution in [-0.4, -0.2) is 67.3 Å². The second-order valence-electron chi connectivity index (χ2n) is 14.9. The van der Waals surface area contributed by atoms with Crippen LogP contribution in [0, 0.1) is 23.7 Å². The van der Waals surface area contributed by atoms with Crippen molar-refractivity contribution >= 4 is 39.1 Å². The summed E-state index contributed by atoms with van der Waals surface area (Å²) >= 11 is 6.43. The molecule has 2 heterocycles. The van der Waals surface area contributed by atoms with Gasteiger partial charge in [0.1, 0.15) is 15.7 Å². The number of ether oxygens (including phenoxy) is 2. The maximum absolute atomic E-state index is 14.3. The average Bonchev–Trinajstić information content (AvgIpc) is 3.84. The van der Waals surface area contributed by atoms with E-state index < -0.39 is 40.2 Å². The number of urea groups is 1. The summed E-state index contributed by atoms with van der Waals surface area (Å²) in [5.41, 5.74) is 3.17. The number of fused-ring (bicyclic) bond motifs is 4. The third-order valence-electron chi connectivity index (χ3n) is 11.2. The molecule has 3 aliphatic carbocycles. The molecule has 2 aliphatic heterocycles. The first-order chi connectivity index (χ1) is 24.0. The lowest BCUT2D eigenvalue weighted by molar-refractivity contribution is 0.0131. The molecule has 2 N–H and O–H groups in total. The molecular weight excluding hydrogens is 686 g/mol. The quantitative estimate of drug-likeness (QED) is 0.331. The molecule has 2 saturated carbocycles. The number of nitrogens with one attached hydrogen (secondary N) is 2. The van der Waals surface area contributed by atoms with Crippen LogP contribution >= 0.6 is 11.6 Å². The predicted molar refractivity (Wildman–Crippen MR) is 189 cm³/mol. The molecule has 2 fully saturated rings. The number of carbonyl (C=O) groups is 2. The standard InChI is InChI=1S/C37H45ClF2N4O5S/c1-22-5-3-7-32(48-2)27-11-8-25(27)18-44-20-37(14-4-6-23-15-26(38)10-12-29(23)37)21-49-33-13-9-24(16-31(33)44)35(45)42-50(47,19-22)43-36(46)41-30-17-28(30)34(39)40/h3,7,9-10,12-13,15-16,22,25,27-28,30,32,34H,4-6,8,11,14,17-21H2,1-2H3,(H2,41,42,43,45,46,47)/b7-3+/t22-,25-,27+,28?,30-,32-,37-,50?/m0/s1. The predicted octanol–water partition coefficient (Wildman–Crippen LogP) is 6.93. The topological polar surface area (TPSA) is 109 Å². The van der Waals surface area contributed by atoms with E-state index in [2.05, 4.69) is 37.5 Å². The second-order valence-corrected chi connectivity index (χ2v) is 17.3. The Bertz CT molecular complexity index is 1800. The summed E-state index contributed by atoms with van der Waals surface area (Å²) in [7, 11) is -1.92. The van der Waals surface area contributed by atoms with Crippen molar-refractivity contribution in [3.8, 4) is 5.75 Å². The van der Waals surface area contributed by atoms with E-state index in [1.54, 1.807) is 25.3 Å². The summed E-state index contributed by atoms with van der Waals surface area (Å²) in [6, 6.07) is 9.71. The van der Waals surface area contributed by atoms with Crippen LogP contribution in [0.25, 0.3) is 0 Å². The van der Waals surface area contributed by atoms with E-state index in [4.69, 9.17) is 21.1 Å². The smallest absolute Gasteiger partial charge is 0.327 e. The molecule has 0 aromatic heterocycles. The number of carbonyl (C=O) groups excluding carboxylic acids is 2. The minimum atomic E-state index is -3.64. The number of nitrogens with zero attached hydrogens (tertiary/aromatic N) is 2. The summed E-state index contributed by atoms with van der Waals surface area (Å²) in [4.78, 5) is 29.1. The molecular formula is C37H45ClF2N4O5S. The molecule has 2 aromatic carbocycles. The number of hydrogen-bond donors (Lipinski definition) is 2. The van der Waals surface area contributed by atoms with E-state index in [9.17, 15) is 22.6 Å². The van der Waals surface area contributed by atoms with Crippen molar-refractivity contribution in [3.63, 3.8) is 0 Å². The van der Waals surface area contributed by atoms with E-state index in [0.29, 0.717) is 42.2 Å². The molecule has 0 radical (unpaired) electrons. The number of halogens is 3. The minimum absolute atomic E-state index is 0.102. The maximum atomic E-state index is 14.3. The van der Waals surface area contributed by atoms with Gasteiger partial charge in [-0.05, 0) is 104 Å². The van der Waals surface area contributed by atoms with Crippen LogP contribution in [0.2, 0.25) is 5.02 Å². The van der Waals surface area contributed by atoms with Crippen molar-refractivity contribution in [1.82, 2.24) is 10.0 Å². The number of hydrogen-bond acceptors (Lipinski definition) is 6. The Morgan fingerprint density at radius 2 is 2.06 bits per heavy atom. The van der Waals surface area contributed by atoms with E-state index in [0.717, 1.165) is 44.3 Å². The van der Waals surface area contributed by atoms with Gasteiger partial charge < -0.3 is 19.7 Å². The van der Waals surface area contributed by atoms with E-state index in [1.807, 2.05) is 19.1 Å². The van der Waals surface area contributed by atoms with Gasteiger partial charge in [0.15, 0.2) is 0 Å². The van der Waals surface area contributed by atoms with E-state index >= 15 is 0 Å². The molecule has 9 nitrogen and oxygen atoms in total. The van der Waals surface area contributed by atoms with Crippen LogP contribution in [0.3, 0.4) is 0 Å². The largest absolute Gasteiger partial charge is 0.490 e. The minimum Gasteiger partial charge on any atom is -0.490 e. The molecule has 0 saturated heterocycles. The maximum Gasteiger partial charge on any atom is 0.327 e. The molecule has 8 atom stereocenters. The number of benzene rings is 2. The van der Waals surface area contributed by atoms with Crippen molar-refractivity contribution in [2.24, 2.45) is 28.0 Å². The van der Waals surface area contributed by atoms with Crippen molar-refractivity contribution in [1.29, 1.82) is 0 Å². The van der Waals surface area contributed by atoms with Crippen LogP contribution in [0.15, 0.2) is 52.9 Å². The van der Waals surface area contributed by atoms with E-state index in [1.165, 1.54) is 11.1 Å². The highest BCUT2D eigenvalue weighted by Gasteiger charge is 2.46. The molecule has 2 bridgehead atoms. The first kappa shape index (κ1) is 35.2. The Morgan fingerprint density at radius 3 is 2.80 bits per heavy atom. The second kappa shape index (κ2) is 14.1. The molecule has 270 valence electrons. The van der Waals surface area contributed by atoms with Gasteiger partial charge in [-0.15, -0.1) is 4.36 Å². The summed E-state index contributed by atoms with van der Waals surface area (Å²) in [6.07, 6.45) is 7.07. The van der Waals surface area contributed by atoms with Gasteiger partial charge in [-0.1, -0.05) is 36.7 Å². The molecule has 50 heavy (non-hydrogen) atoms. The van der Waals surface area contributed by atoms with Gasteiger partial charge in [-0.2, -0.15) is 0 Å². The molecule has 2 unspecified atom stereocenters. The lowest BCUT2D eigenvalue weighted by Crippen LogP contribution is -2.49. The summed E-state index contributed by atoms with van der Waals surface area (Å²) in [6.45, 7) is 3.76. The van der Waals surface area contributed by atoms with Crippen LogP contribution in [0.5, 0.6) is 5.75 Å². The highest BCUT2D eigenvalue weighted by Crippen LogP contribution is 2.47. The van der Waals surface area contributed by atoms with Crippen LogP contribution in [0.1, 0.15) is 66.9 Å². The van der Waals surface area contributed by atoms with Crippen molar-refractivity contribution in [2.75, 3.05) is 37.5 Å². The fourth-order valence-corrected chi connectivity index (χ4v) is 10.4. The normalized spacial score (nSPS) is 34.3. The van der Waals surface area contributed by atoms with Gasteiger partial charge in [0, 0.05) is 48.2 Å². The highest BCUT2D eigenvalue weighted by atomic mass is 35.5. The number of allylic oxidation sites excluding steroid dienone is 1. The van der Waals surface area contributed by atoms with Gasteiger partial charge in [0.2, 0.25) is 6.43 Å². The summed E-state index contributed by atoms with van der Waals surface area (Å²) in [5, 5.41) is 3.19. The van der Waals surface area contributed by atoms with Crippen LogP contribution < -0.4 is 19.7 Å². The van der Waals surface area contributed by atoms with Gasteiger partial charge >= 0.3 is 6.03 Å². The first-order valence-corrected chi connectivity index (χ1v) is 19.7. The number of alkyl halides is 2. The number of rotatable bonds is 4. The Balaban J connectivity index is 1.26. The van der Waals surface area contributed by atoms with Crippen LogP contribution in [0.4, 0.5) is 19.3 Å². The van der Waals surface area contributed by atoms with Gasteiger partial charge in [0.05, 0.1) is 24.2 Å². The Kier molecular flexibility index (Phi) is 9.90. The van der Waals surface area contributed by atoms with Crippen molar-refractivity contribution < 1.29 is 32.1 Å². The molecule has 5 aliphatic rings. The highest BCUT2D eigenvalue weighted by molar-refractivity contribution is 7.92. The number of amides is 3. The zero-order chi connectivity index (χ0) is 35.2. The van der Waals surface area contributed by atoms with Gasteiger partial charge in [-0.3, -0.25) is 9.52 Å². The number of methoxy groups -OCH3 is 1. The van der Waals surface area contributed by atoms with Gasteiger partial charge in [0.25, 0.3) is 5.91 Å². The zero-order valence-corrected chi connectivity index (χ0v) is 30.0. The summed E-state index contributed by atoms with van der Waals surface area (Å²) in [5.74, 6) is -0.692. The SMILES string of the molecule is CO[C@H]1/C=C/C[C@H](C)CS(=O)(NC(=O)N[C@H]2CC2C(F)F)=NC(=O)c2ccc3c(c2)N(C[C@@H]2CC[C@H]21)C[C@@]1(CCCc2cc(Cl)ccc21)CO3. The zero-order valence-electron chi connectivity index (χ0n) is 28.4. The van der Waals surface area contributed by atoms with Crippen LogP contribution in [-0.2, 0) is 26.5 Å². The third-order valence-corrected chi connectivity index (χ3v) is 13.5. The molecule has 7 rings (SSSR count).